The minimum absolute atomic E-state index is 0.483. The summed E-state index contributed by atoms with van der Waals surface area (Å²) in [6, 6.07) is 5.88. The van der Waals surface area contributed by atoms with Crippen LogP contribution in [-0.4, -0.2) is 15.2 Å². The zero-order valence-corrected chi connectivity index (χ0v) is 9.90. The summed E-state index contributed by atoms with van der Waals surface area (Å²) in [5, 5.41) is 9.96. The molecule has 18 heavy (non-hydrogen) atoms. The molecule has 92 valence electrons. The van der Waals surface area contributed by atoms with Crippen molar-refractivity contribution in [2.45, 2.75) is 13.5 Å². The number of nitrogen functional groups attached to an aromatic ring is 1. The molecule has 4 N–H and O–H groups in total. The first-order valence-corrected chi connectivity index (χ1v) is 5.61. The predicted molar refractivity (Wildman–Crippen MR) is 69.1 cm³/mol. The van der Waals surface area contributed by atoms with E-state index in [1.165, 1.54) is 0 Å². The monoisotopic (exact) mass is 243 g/mol. The lowest BCUT2D eigenvalue weighted by molar-refractivity contribution is 0.614. The van der Waals surface area contributed by atoms with Crippen molar-refractivity contribution in [3.63, 3.8) is 0 Å². The van der Waals surface area contributed by atoms with Crippen LogP contribution in [0.4, 0.5) is 11.7 Å². The van der Waals surface area contributed by atoms with E-state index < -0.39 is 0 Å². The van der Waals surface area contributed by atoms with E-state index in [0.29, 0.717) is 23.8 Å². The summed E-state index contributed by atoms with van der Waals surface area (Å²) >= 11 is 0. The lowest BCUT2D eigenvalue weighted by atomic mass is 10.3. The number of hydrogen-bond donors (Lipinski definition) is 3. The fourth-order valence-corrected chi connectivity index (χ4v) is 1.74. The number of hydrogen-bond acceptors (Lipinski definition) is 5. The number of aromatic nitrogens is 3. The number of nitrogens with zero attached hydrogens (tertiary/aromatic N) is 2. The van der Waals surface area contributed by atoms with Crippen molar-refractivity contribution >= 4 is 22.8 Å². The first kappa shape index (κ1) is 10.6. The molecule has 0 bridgehead atoms. The smallest absolute Gasteiger partial charge is 0.295 e. The van der Waals surface area contributed by atoms with Gasteiger partial charge in [-0.25, -0.2) is 0 Å². The van der Waals surface area contributed by atoms with Gasteiger partial charge in [0.2, 0.25) is 0 Å². The molecule has 0 spiro atoms. The van der Waals surface area contributed by atoms with Crippen LogP contribution in [0.25, 0.3) is 11.1 Å². The van der Waals surface area contributed by atoms with Crippen molar-refractivity contribution in [1.29, 1.82) is 0 Å². The molecule has 0 saturated heterocycles. The van der Waals surface area contributed by atoms with Gasteiger partial charge in [0.05, 0.1) is 6.20 Å². The first-order chi connectivity index (χ1) is 8.72. The number of aryl methyl sites for hydroxylation is 1. The summed E-state index contributed by atoms with van der Waals surface area (Å²) in [5.41, 5.74) is 9.93. The van der Waals surface area contributed by atoms with E-state index in [-0.39, 0.29) is 0 Å². The quantitative estimate of drug-likeness (QED) is 0.612. The van der Waals surface area contributed by atoms with Gasteiger partial charge in [-0.15, -0.1) is 0 Å². The zero-order valence-electron chi connectivity index (χ0n) is 9.90. The molecule has 0 radical (unpaired) electrons. The Bertz CT molecular complexity index is 685. The molecule has 0 aliphatic rings. The number of nitrogens with one attached hydrogen (secondary N) is 2. The standard InChI is InChI=1S/C12H13N5O/c1-7-8(6-15-17-7)5-14-12-16-10-3-2-9(13)4-11(10)18-12/h2-4,6H,5,13H2,1H3,(H,14,16)(H,15,17). The van der Waals surface area contributed by atoms with E-state index in [1.807, 2.05) is 13.0 Å². The van der Waals surface area contributed by atoms with E-state index in [2.05, 4.69) is 20.5 Å². The SMILES string of the molecule is Cc1[nH]ncc1CNc1nc2ccc(N)cc2o1. The normalized spacial score (nSPS) is 10.9. The molecule has 2 aromatic heterocycles. The molecule has 0 aliphatic heterocycles. The average molecular weight is 243 g/mol. The molecule has 1 aromatic carbocycles. The van der Waals surface area contributed by atoms with Crippen molar-refractivity contribution in [1.82, 2.24) is 15.2 Å². The van der Waals surface area contributed by atoms with Crippen LogP contribution in [0.3, 0.4) is 0 Å². The third kappa shape index (κ3) is 1.88. The van der Waals surface area contributed by atoms with Gasteiger partial charge in [0.25, 0.3) is 6.01 Å². The topological polar surface area (TPSA) is 92.8 Å². The first-order valence-electron chi connectivity index (χ1n) is 5.61. The Hall–Kier alpha value is -2.50. The van der Waals surface area contributed by atoms with Crippen LogP contribution in [-0.2, 0) is 6.54 Å². The van der Waals surface area contributed by atoms with Gasteiger partial charge in [-0.2, -0.15) is 10.1 Å². The largest absolute Gasteiger partial charge is 0.423 e. The maximum Gasteiger partial charge on any atom is 0.295 e. The highest BCUT2D eigenvalue weighted by Crippen LogP contribution is 2.21. The van der Waals surface area contributed by atoms with Gasteiger partial charge in [0.1, 0.15) is 5.52 Å². The molecule has 0 atom stereocenters. The summed E-state index contributed by atoms with van der Waals surface area (Å²) in [7, 11) is 0. The second kappa shape index (κ2) is 4.06. The van der Waals surface area contributed by atoms with Crippen molar-refractivity contribution in [3.05, 3.63) is 35.7 Å². The van der Waals surface area contributed by atoms with E-state index in [4.69, 9.17) is 10.2 Å². The molecule has 0 fully saturated rings. The summed E-state index contributed by atoms with van der Waals surface area (Å²) in [5.74, 6) is 0. The van der Waals surface area contributed by atoms with Crippen LogP contribution in [0, 0.1) is 6.92 Å². The molecule has 3 rings (SSSR count). The van der Waals surface area contributed by atoms with Crippen LogP contribution in [0.15, 0.2) is 28.8 Å². The molecule has 0 saturated carbocycles. The third-order valence-corrected chi connectivity index (χ3v) is 2.78. The van der Waals surface area contributed by atoms with E-state index in [9.17, 15) is 0 Å². The second-order valence-corrected chi connectivity index (χ2v) is 4.12. The number of anilines is 2. The highest BCUT2D eigenvalue weighted by Gasteiger charge is 2.06. The lowest BCUT2D eigenvalue weighted by Crippen LogP contribution is -1.99. The molecule has 6 heteroatoms. The minimum Gasteiger partial charge on any atom is -0.423 e. The van der Waals surface area contributed by atoms with Crippen molar-refractivity contribution in [2.75, 3.05) is 11.1 Å². The van der Waals surface area contributed by atoms with Crippen molar-refractivity contribution in [2.24, 2.45) is 0 Å². The van der Waals surface area contributed by atoms with Gasteiger partial charge in [0.15, 0.2) is 5.58 Å². The summed E-state index contributed by atoms with van der Waals surface area (Å²) in [4.78, 5) is 4.32. The van der Waals surface area contributed by atoms with Crippen molar-refractivity contribution in [3.8, 4) is 0 Å². The van der Waals surface area contributed by atoms with E-state index in [1.54, 1.807) is 18.3 Å². The number of oxazole rings is 1. The average Bonchev–Trinajstić information content (AvgIpc) is 2.92. The molecule has 3 aromatic rings. The predicted octanol–water partition coefficient (Wildman–Crippen LogP) is 2.05. The lowest BCUT2D eigenvalue weighted by Gasteiger charge is -1.99. The fraction of sp³-hybridized carbons (Fsp3) is 0.167. The summed E-state index contributed by atoms with van der Waals surface area (Å²) in [6.07, 6.45) is 1.78. The van der Waals surface area contributed by atoms with Gasteiger partial charge in [0, 0.05) is 29.6 Å². The number of aromatic amines is 1. The van der Waals surface area contributed by atoms with E-state index >= 15 is 0 Å². The number of fused-ring (bicyclic) bond motifs is 1. The number of H-pyrrole nitrogens is 1. The highest BCUT2D eigenvalue weighted by atomic mass is 16.4. The molecule has 0 unspecified atom stereocenters. The van der Waals surface area contributed by atoms with Crippen LogP contribution in [0.1, 0.15) is 11.3 Å². The number of rotatable bonds is 3. The molecular weight excluding hydrogens is 230 g/mol. The Morgan fingerprint density at radius 3 is 3.11 bits per heavy atom. The van der Waals surface area contributed by atoms with Crippen LogP contribution >= 0.6 is 0 Å². The fourth-order valence-electron chi connectivity index (χ4n) is 1.74. The Morgan fingerprint density at radius 1 is 1.44 bits per heavy atom. The number of nitrogens with two attached hydrogens (primary N) is 1. The molecule has 6 nitrogen and oxygen atoms in total. The van der Waals surface area contributed by atoms with Crippen LogP contribution < -0.4 is 11.1 Å². The van der Waals surface area contributed by atoms with Gasteiger partial charge in [-0.1, -0.05) is 0 Å². The van der Waals surface area contributed by atoms with Gasteiger partial charge >= 0.3 is 0 Å². The maximum absolute atomic E-state index is 5.68. The van der Waals surface area contributed by atoms with Crippen LogP contribution in [0.5, 0.6) is 0 Å². The molecular formula is C12H13N5O. The zero-order chi connectivity index (χ0) is 12.5. The Labute approximate surface area is 103 Å². The Morgan fingerprint density at radius 2 is 2.33 bits per heavy atom. The molecule has 2 heterocycles. The molecule has 0 amide bonds. The Balaban J connectivity index is 1.81. The van der Waals surface area contributed by atoms with Gasteiger partial charge < -0.3 is 15.5 Å². The number of benzene rings is 1. The molecule has 0 aliphatic carbocycles. The van der Waals surface area contributed by atoms with Crippen LogP contribution in [0.2, 0.25) is 0 Å². The van der Waals surface area contributed by atoms with Crippen molar-refractivity contribution < 1.29 is 4.42 Å². The van der Waals surface area contributed by atoms with Gasteiger partial charge in [-0.3, -0.25) is 5.10 Å². The van der Waals surface area contributed by atoms with E-state index in [0.717, 1.165) is 16.8 Å². The minimum atomic E-state index is 0.483. The Kier molecular flexibility index (Phi) is 2.40. The second-order valence-electron chi connectivity index (χ2n) is 4.12. The maximum atomic E-state index is 5.68. The third-order valence-electron chi connectivity index (χ3n) is 2.78. The summed E-state index contributed by atoms with van der Waals surface area (Å²) in [6.45, 7) is 2.58. The highest BCUT2D eigenvalue weighted by molar-refractivity contribution is 5.78. The summed E-state index contributed by atoms with van der Waals surface area (Å²) < 4.78 is 5.55. The van der Waals surface area contributed by atoms with Gasteiger partial charge in [-0.05, 0) is 19.1 Å².